The first-order chi connectivity index (χ1) is 15.4. The highest BCUT2D eigenvalue weighted by atomic mass is 19.1. The van der Waals surface area contributed by atoms with E-state index in [1.54, 1.807) is 12.4 Å². The molecule has 1 aromatic carbocycles. The summed E-state index contributed by atoms with van der Waals surface area (Å²) in [6.45, 7) is 0.622. The molecule has 6 nitrogen and oxygen atoms in total. The van der Waals surface area contributed by atoms with Crippen LogP contribution in [0.4, 0.5) is 18.9 Å². The van der Waals surface area contributed by atoms with Crippen LogP contribution in [0.3, 0.4) is 0 Å². The van der Waals surface area contributed by atoms with E-state index in [9.17, 15) is 23.1 Å². The number of hydrogen-bond acceptors (Lipinski definition) is 6. The normalized spacial score (nSPS) is 17.8. The van der Waals surface area contributed by atoms with Gasteiger partial charge in [0, 0.05) is 31.8 Å². The first kappa shape index (κ1) is 23.4. The number of aliphatic hydroxyl groups is 1. The van der Waals surface area contributed by atoms with E-state index in [4.69, 9.17) is 4.74 Å². The van der Waals surface area contributed by atoms with Crippen molar-refractivity contribution in [1.29, 1.82) is 0 Å². The van der Waals surface area contributed by atoms with Gasteiger partial charge in [-0.3, -0.25) is 9.78 Å². The molecule has 4 rings (SSSR count). The number of rotatable bonds is 4. The van der Waals surface area contributed by atoms with E-state index in [2.05, 4.69) is 15.3 Å². The Morgan fingerprint density at radius 2 is 1.88 bits per heavy atom. The number of carbonyl (C=O) groups excluding carboxylic acids is 1. The van der Waals surface area contributed by atoms with Crippen LogP contribution in [0.2, 0.25) is 0 Å². The second-order valence-corrected chi connectivity index (χ2v) is 7.03. The summed E-state index contributed by atoms with van der Waals surface area (Å²) in [6, 6.07) is 7.16. The lowest BCUT2D eigenvalue weighted by Crippen LogP contribution is -2.23. The number of aromatic nitrogens is 2. The smallest absolute Gasteiger partial charge is 0.168 e. The van der Waals surface area contributed by atoms with E-state index in [0.29, 0.717) is 19.3 Å². The highest BCUT2D eigenvalue weighted by molar-refractivity contribution is 5.74. The molecule has 0 bridgehead atoms. The van der Waals surface area contributed by atoms with Crippen molar-refractivity contribution < 1.29 is 27.8 Å². The second-order valence-electron chi connectivity index (χ2n) is 7.03. The van der Waals surface area contributed by atoms with Crippen LogP contribution >= 0.6 is 0 Å². The number of anilines is 1. The van der Waals surface area contributed by atoms with Gasteiger partial charge in [-0.2, -0.15) is 0 Å². The van der Waals surface area contributed by atoms with E-state index in [-0.39, 0.29) is 17.9 Å². The summed E-state index contributed by atoms with van der Waals surface area (Å²) in [5, 5.41) is 12.7. The zero-order chi connectivity index (χ0) is 23.1. The predicted molar refractivity (Wildman–Crippen MR) is 113 cm³/mol. The number of pyridine rings is 2. The van der Waals surface area contributed by atoms with Crippen molar-refractivity contribution in [3.63, 3.8) is 0 Å². The van der Waals surface area contributed by atoms with Crippen molar-refractivity contribution in [2.75, 3.05) is 19.0 Å². The molecule has 2 unspecified atom stereocenters. The summed E-state index contributed by atoms with van der Waals surface area (Å²) >= 11 is 0. The van der Waals surface area contributed by atoms with Gasteiger partial charge in [0.05, 0.1) is 29.7 Å². The lowest BCUT2D eigenvalue weighted by Gasteiger charge is -2.27. The van der Waals surface area contributed by atoms with Crippen LogP contribution < -0.4 is 5.32 Å². The molecule has 1 fully saturated rings. The molecule has 0 aliphatic carbocycles. The molecule has 3 heterocycles. The maximum absolute atomic E-state index is 13.4. The molecule has 1 saturated heterocycles. The van der Waals surface area contributed by atoms with Crippen LogP contribution in [0, 0.1) is 17.5 Å². The Kier molecular flexibility index (Phi) is 7.91. The largest absolute Gasteiger partial charge is 0.393 e. The van der Waals surface area contributed by atoms with Gasteiger partial charge in [-0.05, 0) is 36.8 Å². The van der Waals surface area contributed by atoms with Gasteiger partial charge in [0.2, 0.25) is 0 Å². The molecule has 2 N–H and O–H groups in total. The van der Waals surface area contributed by atoms with Crippen LogP contribution in [-0.4, -0.2) is 41.1 Å². The van der Waals surface area contributed by atoms with Crippen molar-refractivity contribution in [2.24, 2.45) is 0 Å². The van der Waals surface area contributed by atoms with Crippen LogP contribution in [0.1, 0.15) is 35.0 Å². The number of carbonyl (C=O) groups is 1. The van der Waals surface area contributed by atoms with Gasteiger partial charge in [0.25, 0.3) is 0 Å². The lowest BCUT2D eigenvalue weighted by atomic mass is 9.99. The van der Waals surface area contributed by atoms with Crippen molar-refractivity contribution in [3.8, 4) is 11.3 Å². The number of aliphatic hydroxyl groups excluding tert-OH is 1. The minimum atomic E-state index is -0.931. The van der Waals surface area contributed by atoms with Crippen molar-refractivity contribution in [1.82, 2.24) is 9.97 Å². The predicted octanol–water partition coefficient (Wildman–Crippen LogP) is 4.31. The molecular formula is C23H22F3N3O3. The third kappa shape index (κ3) is 5.49. The van der Waals surface area contributed by atoms with Gasteiger partial charge in [0.15, 0.2) is 6.29 Å². The fourth-order valence-electron chi connectivity index (χ4n) is 3.31. The van der Waals surface area contributed by atoms with Crippen LogP contribution in [-0.2, 0) is 4.74 Å². The van der Waals surface area contributed by atoms with Crippen LogP contribution in [0.5, 0.6) is 0 Å². The molecule has 2 aromatic heterocycles. The highest BCUT2D eigenvalue weighted by Gasteiger charge is 2.24. The van der Waals surface area contributed by atoms with Gasteiger partial charge in [-0.15, -0.1) is 0 Å². The molecule has 0 amide bonds. The molecule has 0 spiro atoms. The van der Waals surface area contributed by atoms with Crippen LogP contribution in [0.25, 0.3) is 11.3 Å². The Bertz CT molecular complexity index is 1060. The Balaban J connectivity index is 0.000000182. The van der Waals surface area contributed by atoms with Gasteiger partial charge < -0.3 is 15.2 Å². The summed E-state index contributed by atoms with van der Waals surface area (Å²) in [7, 11) is 1.86. The number of aldehydes is 1. The van der Waals surface area contributed by atoms with E-state index in [0.717, 1.165) is 48.0 Å². The number of ether oxygens (including phenoxy) is 1. The number of nitrogens with one attached hydrogen (secondary N) is 1. The SMILES string of the molecule is CNc1cnccc1C1CC(O)CCO1.O=Cc1ccc(F)c(-c2c(F)cccc2F)n1. The molecule has 2 atom stereocenters. The van der Waals surface area contributed by atoms with Crippen molar-refractivity contribution >= 4 is 12.0 Å². The minimum absolute atomic E-state index is 0.0146. The van der Waals surface area contributed by atoms with E-state index < -0.39 is 28.7 Å². The molecule has 1 aliphatic rings. The average molecular weight is 445 g/mol. The van der Waals surface area contributed by atoms with E-state index >= 15 is 0 Å². The van der Waals surface area contributed by atoms with E-state index in [1.165, 1.54) is 0 Å². The minimum Gasteiger partial charge on any atom is -0.393 e. The Hall–Kier alpha value is -3.30. The second kappa shape index (κ2) is 10.8. The monoisotopic (exact) mass is 445 g/mol. The Morgan fingerprint density at radius 3 is 2.53 bits per heavy atom. The lowest BCUT2D eigenvalue weighted by molar-refractivity contribution is -0.0445. The molecule has 168 valence electrons. The topological polar surface area (TPSA) is 84.3 Å². The maximum Gasteiger partial charge on any atom is 0.168 e. The zero-order valence-corrected chi connectivity index (χ0v) is 17.3. The van der Waals surface area contributed by atoms with Gasteiger partial charge in [0.1, 0.15) is 28.8 Å². The number of benzene rings is 1. The van der Waals surface area contributed by atoms with Crippen molar-refractivity contribution in [2.45, 2.75) is 25.0 Å². The summed E-state index contributed by atoms with van der Waals surface area (Å²) < 4.78 is 45.9. The number of hydrogen-bond donors (Lipinski definition) is 2. The van der Waals surface area contributed by atoms with Gasteiger partial charge in [-0.25, -0.2) is 18.2 Å². The third-order valence-corrected chi connectivity index (χ3v) is 4.92. The summed E-state index contributed by atoms with van der Waals surface area (Å²) in [5.41, 5.74) is 0.866. The molecule has 1 aliphatic heterocycles. The standard InChI is InChI=1S/C12H6F3NO.C11H16N2O2/c13-8-2-1-3-9(14)11(8)12-10(15)5-4-7(6-17)16-12;1-12-10-7-13-4-2-9(10)11-6-8(14)3-5-15-11/h1-6H;2,4,7-8,11-12,14H,3,5-6H2,1H3. The molecule has 9 heteroatoms. The Morgan fingerprint density at radius 1 is 1.12 bits per heavy atom. The van der Waals surface area contributed by atoms with Gasteiger partial charge in [-0.1, -0.05) is 6.07 Å². The fraction of sp³-hybridized carbons (Fsp3) is 0.261. The summed E-state index contributed by atoms with van der Waals surface area (Å²) in [5.74, 6) is -2.75. The molecule has 3 aromatic rings. The average Bonchev–Trinajstić information content (AvgIpc) is 2.80. The molecule has 0 saturated carbocycles. The van der Waals surface area contributed by atoms with Crippen LogP contribution in [0.15, 0.2) is 48.8 Å². The summed E-state index contributed by atoms with van der Waals surface area (Å²) in [4.78, 5) is 18.1. The zero-order valence-electron chi connectivity index (χ0n) is 17.3. The highest BCUT2D eigenvalue weighted by Crippen LogP contribution is 2.32. The first-order valence-corrected chi connectivity index (χ1v) is 9.92. The van der Waals surface area contributed by atoms with E-state index in [1.807, 2.05) is 13.1 Å². The first-order valence-electron chi connectivity index (χ1n) is 9.92. The third-order valence-electron chi connectivity index (χ3n) is 4.92. The van der Waals surface area contributed by atoms with Gasteiger partial charge >= 0.3 is 0 Å². The quantitative estimate of drug-likeness (QED) is 0.582. The fourth-order valence-corrected chi connectivity index (χ4v) is 3.31. The molecule has 32 heavy (non-hydrogen) atoms. The summed E-state index contributed by atoms with van der Waals surface area (Å²) in [6.07, 6.45) is 5.04. The Labute approximate surface area is 183 Å². The number of nitrogens with zero attached hydrogens (tertiary/aromatic N) is 2. The maximum atomic E-state index is 13.4. The molecular weight excluding hydrogens is 423 g/mol. The number of halogens is 3. The van der Waals surface area contributed by atoms with Crippen molar-refractivity contribution in [3.05, 3.63) is 77.5 Å². The molecule has 0 radical (unpaired) electrons.